The standard InChI is InChI=1S/C17H15Cl2F2N3O3/c1-2-8-5-23-13-9(3-4-12(15(13)26-8)27-17(20)21)16(25)24-14-10(18)6-22-7-11(14)19/h3-4,6-8,17,23H,2,5H2,1H3,(H,22,24,25)/t8-/m0/s1. The summed E-state index contributed by atoms with van der Waals surface area (Å²) in [6.45, 7) is -0.706. The Labute approximate surface area is 163 Å². The highest BCUT2D eigenvalue weighted by atomic mass is 35.5. The van der Waals surface area contributed by atoms with Crippen LogP contribution in [0, 0.1) is 0 Å². The lowest BCUT2D eigenvalue weighted by Gasteiger charge is -2.29. The number of hydrogen-bond donors (Lipinski definition) is 2. The van der Waals surface area contributed by atoms with Crippen molar-refractivity contribution in [2.45, 2.75) is 26.1 Å². The Kier molecular flexibility index (Phi) is 5.86. The molecule has 0 saturated carbocycles. The summed E-state index contributed by atoms with van der Waals surface area (Å²) in [5.41, 5.74) is 0.630. The van der Waals surface area contributed by atoms with Gasteiger partial charge in [-0.1, -0.05) is 30.1 Å². The average Bonchev–Trinajstić information content (AvgIpc) is 2.64. The van der Waals surface area contributed by atoms with Gasteiger partial charge in [0.25, 0.3) is 5.91 Å². The zero-order valence-corrected chi connectivity index (χ0v) is 15.6. The number of rotatable bonds is 5. The molecular weight excluding hydrogens is 403 g/mol. The number of carbonyl (C=O) groups excluding carboxylic acids is 1. The van der Waals surface area contributed by atoms with Crippen LogP contribution >= 0.6 is 23.2 Å². The summed E-state index contributed by atoms with van der Waals surface area (Å²) in [5.74, 6) is -0.633. The van der Waals surface area contributed by atoms with Gasteiger partial charge in [0.2, 0.25) is 0 Å². The second-order valence-electron chi connectivity index (χ2n) is 5.66. The molecule has 0 bridgehead atoms. The van der Waals surface area contributed by atoms with E-state index in [4.69, 9.17) is 27.9 Å². The van der Waals surface area contributed by atoms with Crippen molar-refractivity contribution >= 4 is 40.5 Å². The van der Waals surface area contributed by atoms with Gasteiger partial charge in [-0.25, -0.2) is 0 Å². The number of nitrogens with zero attached hydrogens (tertiary/aromatic N) is 1. The van der Waals surface area contributed by atoms with Gasteiger partial charge in [-0.15, -0.1) is 0 Å². The van der Waals surface area contributed by atoms with Gasteiger partial charge in [0.15, 0.2) is 11.5 Å². The predicted molar refractivity (Wildman–Crippen MR) is 98.5 cm³/mol. The van der Waals surface area contributed by atoms with Crippen molar-refractivity contribution in [3.8, 4) is 11.5 Å². The van der Waals surface area contributed by atoms with Gasteiger partial charge in [0, 0.05) is 12.4 Å². The summed E-state index contributed by atoms with van der Waals surface area (Å²) in [6, 6.07) is 2.62. The van der Waals surface area contributed by atoms with Crippen LogP contribution in [-0.4, -0.2) is 30.2 Å². The third kappa shape index (κ3) is 4.17. The Balaban J connectivity index is 1.97. The number of amides is 1. The molecule has 0 fully saturated rings. The lowest BCUT2D eigenvalue weighted by molar-refractivity contribution is -0.0521. The van der Waals surface area contributed by atoms with E-state index in [1.165, 1.54) is 24.5 Å². The maximum absolute atomic E-state index is 12.7. The van der Waals surface area contributed by atoms with E-state index in [2.05, 4.69) is 20.4 Å². The molecule has 144 valence electrons. The largest absolute Gasteiger partial charge is 0.483 e. The quantitative estimate of drug-likeness (QED) is 0.728. The molecule has 2 aromatic rings. The number of alkyl halides is 2. The van der Waals surface area contributed by atoms with E-state index in [0.717, 1.165) is 0 Å². The Hall–Kier alpha value is -2.32. The van der Waals surface area contributed by atoms with E-state index < -0.39 is 12.5 Å². The number of benzene rings is 1. The van der Waals surface area contributed by atoms with E-state index in [1.807, 2.05) is 6.92 Å². The topological polar surface area (TPSA) is 72.5 Å². The number of aromatic nitrogens is 1. The van der Waals surface area contributed by atoms with Gasteiger partial charge < -0.3 is 20.1 Å². The Morgan fingerprint density at radius 1 is 1.41 bits per heavy atom. The minimum atomic E-state index is -3.02. The lowest BCUT2D eigenvalue weighted by Crippen LogP contribution is -2.32. The van der Waals surface area contributed by atoms with Crippen molar-refractivity contribution in [2.24, 2.45) is 0 Å². The Bertz CT molecular complexity index is 847. The number of halogens is 4. The monoisotopic (exact) mass is 417 g/mol. The fourth-order valence-corrected chi connectivity index (χ4v) is 3.06. The van der Waals surface area contributed by atoms with Crippen molar-refractivity contribution in [3.05, 3.63) is 40.1 Å². The minimum absolute atomic E-state index is 0.0629. The molecule has 0 spiro atoms. The van der Waals surface area contributed by atoms with Crippen LogP contribution in [0.2, 0.25) is 10.0 Å². The van der Waals surface area contributed by atoms with E-state index in [0.29, 0.717) is 13.0 Å². The maximum Gasteiger partial charge on any atom is 0.387 e. The number of anilines is 2. The third-order valence-electron chi connectivity index (χ3n) is 3.92. The Morgan fingerprint density at radius 3 is 2.74 bits per heavy atom. The van der Waals surface area contributed by atoms with E-state index in [9.17, 15) is 13.6 Å². The zero-order chi connectivity index (χ0) is 19.6. The fourth-order valence-electron chi connectivity index (χ4n) is 2.60. The molecule has 1 aromatic heterocycles. The molecule has 0 saturated heterocycles. The molecule has 27 heavy (non-hydrogen) atoms. The van der Waals surface area contributed by atoms with Crippen molar-refractivity contribution in [1.82, 2.24) is 4.98 Å². The average molecular weight is 418 g/mol. The fraction of sp³-hybridized carbons (Fsp3) is 0.294. The summed E-state index contributed by atoms with van der Waals surface area (Å²) in [4.78, 5) is 16.6. The first kappa shape index (κ1) is 19.4. The second-order valence-corrected chi connectivity index (χ2v) is 6.47. The van der Waals surface area contributed by atoms with Gasteiger partial charge in [0.05, 0.1) is 33.5 Å². The highest BCUT2D eigenvalue weighted by Gasteiger charge is 2.28. The molecule has 1 atom stereocenters. The molecule has 1 aliphatic rings. The summed E-state index contributed by atoms with van der Waals surface area (Å²) in [7, 11) is 0. The number of nitrogens with one attached hydrogen (secondary N) is 2. The van der Waals surface area contributed by atoms with Crippen LogP contribution in [0.3, 0.4) is 0 Å². The minimum Gasteiger partial charge on any atom is -0.483 e. The first-order valence-corrected chi connectivity index (χ1v) is 8.79. The van der Waals surface area contributed by atoms with Crippen molar-refractivity contribution < 1.29 is 23.0 Å². The highest BCUT2D eigenvalue weighted by Crippen LogP contribution is 2.42. The van der Waals surface area contributed by atoms with Gasteiger partial charge in [0.1, 0.15) is 6.10 Å². The SMILES string of the molecule is CC[C@H]1CNc2c(C(=O)Nc3c(Cl)cncc3Cl)ccc(OC(F)F)c2O1. The molecule has 1 aromatic carbocycles. The third-order valence-corrected chi connectivity index (χ3v) is 4.49. The second kappa shape index (κ2) is 8.14. The molecule has 1 amide bonds. The number of hydrogen-bond acceptors (Lipinski definition) is 5. The van der Waals surface area contributed by atoms with Crippen molar-refractivity contribution in [2.75, 3.05) is 17.2 Å². The van der Waals surface area contributed by atoms with Crippen LogP contribution in [0.15, 0.2) is 24.5 Å². The Morgan fingerprint density at radius 2 is 2.11 bits per heavy atom. The first-order valence-electron chi connectivity index (χ1n) is 8.03. The molecule has 0 radical (unpaired) electrons. The van der Waals surface area contributed by atoms with Crippen LogP contribution < -0.4 is 20.1 Å². The molecule has 6 nitrogen and oxygen atoms in total. The summed E-state index contributed by atoms with van der Waals surface area (Å²) in [5, 5.41) is 5.98. The predicted octanol–water partition coefficient (Wildman–Crippen LogP) is 4.83. The normalized spacial score (nSPS) is 15.6. The van der Waals surface area contributed by atoms with Crippen LogP contribution in [0.1, 0.15) is 23.7 Å². The smallest absolute Gasteiger partial charge is 0.387 e. The molecule has 0 aliphatic carbocycles. The van der Waals surface area contributed by atoms with E-state index in [-0.39, 0.29) is 44.6 Å². The van der Waals surface area contributed by atoms with E-state index >= 15 is 0 Å². The van der Waals surface area contributed by atoms with Gasteiger partial charge >= 0.3 is 6.61 Å². The van der Waals surface area contributed by atoms with Crippen LogP contribution in [0.5, 0.6) is 11.5 Å². The molecule has 1 aliphatic heterocycles. The number of pyridine rings is 1. The summed E-state index contributed by atoms with van der Waals surface area (Å²) >= 11 is 12.0. The van der Waals surface area contributed by atoms with Gasteiger partial charge in [-0.2, -0.15) is 8.78 Å². The van der Waals surface area contributed by atoms with Crippen LogP contribution in [0.25, 0.3) is 0 Å². The van der Waals surface area contributed by atoms with Gasteiger partial charge in [-0.05, 0) is 18.6 Å². The zero-order valence-electron chi connectivity index (χ0n) is 14.1. The van der Waals surface area contributed by atoms with Crippen molar-refractivity contribution in [1.29, 1.82) is 0 Å². The van der Waals surface area contributed by atoms with Crippen molar-refractivity contribution in [3.63, 3.8) is 0 Å². The first-order chi connectivity index (χ1) is 12.9. The number of fused-ring (bicyclic) bond motifs is 1. The number of carbonyl (C=O) groups is 1. The number of ether oxygens (including phenoxy) is 2. The summed E-state index contributed by atoms with van der Waals surface area (Å²) in [6.07, 6.45) is 3.09. The molecule has 2 N–H and O–H groups in total. The molecule has 3 rings (SSSR count). The molecule has 2 heterocycles. The highest BCUT2D eigenvalue weighted by molar-refractivity contribution is 6.39. The molecule has 10 heteroatoms. The summed E-state index contributed by atoms with van der Waals surface area (Å²) < 4.78 is 35.6. The molecule has 0 unspecified atom stereocenters. The maximum atomic E-state index is 12.7. The van der Waals surface area contributed by atoms with Crippen LogP contribution in [-0.2, 0) is 0 Å². The lowest BCUT2D eigenvalue weighted by atomic mass is 10.1. The molecular formula is C17H15Cl2F2N3O3. The van der Waals surface area contributed by atoms with Gasteiger partial charge in [-0.3, -0.25) is 9.78 Å². The van der Waals surface area contributed by atoms with E-state index in [1.54, 1.807) is 0 Å². The van der Waals surface area contributed by atoms with Crippen LogP contribution in [0.4, 0.5) is 20.2 Å².